The molecular weight excluding hydrogens is 385 g/mol. The van der Waals surface area contributed by atoms with Crippen molar-refractivity contribution in [3.63, 3.8) is 0 Å². The van der Waals surface area contributed by atoms with Gasteiger partial charge >= 0.3 is 6.18 Å². The lowest BCUT2D eigenvalue weighted by molar-refractivity contribution is -0.138. The number of methoxy groups -OCH3 is 1. The minimum Gasteiger partial charge on any atom is -0.497 e. The molecule has 0 saturated carbocycles. The number of halogens is 3. The fraction of sp³-hybridized carbons (Fsp3) is 0.600. The van der Waals surface area contributed by atoms with E-state index in [1.54, 1.807) is 7.05 Å². The summed E-state index contributed by atoms with van der Waals surface area (Å²) >= 11 is 0. The fourth-order valence-electron chi connectivity index (χ4n) is 3.38. The van der Waals surface area contributed by atoms with Crippen molar-refractivity contribution in [1.29, 1.82) is 0 Å². The van der Waals surface area contributed by atoms with Gasteiger partial charge in [-0.25, -0.2) is 4.99 Å². The van der Waals surface area contributed by atoms with E-state index in [9.17, 15) is 18.0 Å². The number of carbonyl (C=O) groups is 1. The van der Waals surface area contributed by atoms with E-state index >= 15 is 0 Å². The Morgan fingerprint density at radius 2 is 2.00 bits per heavy atom. The van der Waals surface area contributed by atoms with E-state index in [1.807, 2.05) is 11.8 Å². The van der Waals surface area contributed by atoms with Crippen LogP contribution in [0.1, 0.15) is 37.3 Å². The van der Waals surface area contributed by atoms with Gasteiger partial charge in [-0.05, 0) is 43.4 Å². The second-order valence-corrected chi connectivity index (χ2v) is 7.00. The third kappa shape index (κ3) is 6.54. The summed E-state index contributed by atoms with van der Waals surface area (Å²) in [6.45, 7) is 3.87. The number of hydrogen-bond donors (Lipinski definition) is 2. The van der Waals surface area contributed by atoms with Gasteiger partial charge in [0.2, 0.25) is 5.91 Å². The molecule has 1 aliphatic rings. The number of aliphatic imine (C=N–C) groups is 1. The smallest absolute Gasteiger partial charge is 0.416 e. The summed E-state index contributed by atoms with van der Waals surface area (Å²) in [5.74, 6) is 1.10. The van der Waals surface area contributed by atoms with Gasteiger partial charge in [-0.1, -0.05) is 6.07 Å². The van der Waals surface area contributed by atoms with Crippen molar-refractivity contribution in [3.8, 4) is 5.75 Å². The highest BCUT2D eigenvalue weighted by molar-refractivity contribution is 5.80. The summed E-state index contributed by atoms with van der Waals surface area (Å²) in [5.41, 5.74) is -0.635. The van der Waals surface area contributed by atoms with Crippen molar-refractivity contribution in [2.45, 2.75) is 38.9 Å². The summed E-state index contributed by atoms with van der Waals surface area (Å²) in [6, 6.07) is 3.92. The quantitative estimate of drug-likeness (QED) is 0.555. The van der Waals surface area contributed by atoms with E-state index in [2.05, 4.69) is 15.6 Å². The standard InChI is InChI=1S/C20H29F3N4O2/c1-4-25-19(27-9-7-14(8-10-27)11-18(28)24-2)26-13-15-5-6-16(29-3)12-17(15)20(21,22)23/h5-6,12,14H,4,7-11,13H2,1-3H3,(H,24,28)(H,25,26). The van der Waals surface area contributed by atoms with Gasteiger partial charge in [0, 0.05) is 33.1 Å². The van der Waals surface area contributed by atoms with E-state index in [-0.39, 0.29) is 23.8 Å². The molecule has 1 heterocycles. The van der Waals surface area contributed by atoms with Gasteiger partial charge in [-0.15, -0.1) is 0 Å². The van der Waals surface area contributed by atoms with Crippen molar-refractivity contribution in [2.24, 2.45) is 10.9 Å². The first-order chi connectivity index (χ1) is 13.8. The Morgan fingerprint density at radius 3 is 2.55 bits per heavy atom. The molecule has 0 aliphatic carbocycles. The number of piperidine rings is 1. The van der Waals surface area contributed by atoms with Gasteiger partial charge < -0.3 is 20.3 Å². The number of carbonyl (C=O) groups excluding carboxylic acids is 1. The first-order valence-corrected chi connectivity index (χ1v) is 9.76. The van der Waals surface area contributed by atoms with Gasteiger partial charge in [0.05, 0.1) is 19.2 Å². The van der Waals surface area contributed by atoms with Crippen LogP contribution in [0.5, 0.6) is 5.75 Å². The van der Waals surface area contributed by atoms with Crippen LogP contribution in [-0.2, 0) is 17.5 Å². The first kappa shape index (κ1) is 22.8. The maximum absolute atomic E-state index is 13.4. The number of guanidine groups is 1. The zero-order chi connectivity index (χ0) is 21.4. The molecular formula is C20H29F3N4O2. The van der Waals surface area contributed by atoms with Crippen LogP contribution >= 0.6 is 0 Å². The molecule has 1 aliphatic heterocycles. The lowest BCUT2D eigenvalue weighted by atomic mass is 9.93. The highest BCUT2D eigenvalue weighted by atomic mass is 19.4. The minimum atomic E-state index is -4.48. The molecule has 1 aromatic rings. The van der Waals surface area contributed by atoms with Crippen LogP contribution in [0, 0.1) is 5.92 Å². The Morgan fingerprint density at radius 1 is 1.31 bits per heavy atom. The molecule has 2 N–H and O–H groups in total. The largest absolute Gasteiger partial charge is 0.497 e. The van der Waals surface area contributed by atoms with E-state index in [4.69, 9.17) is 4.74 Å². The van der Waals surface area contributed by atoms with Crippen molar-refractivity contribution < 1.29 is 22.7 Å². The number of nitrogens with zero attached hydrogens (tertiary/aromatic N) is 2. The van der Waals surface area contributed by atoms with Crippen LogP contribution < -0.4 is 15.4 Å². The number of alkyl halides is 3. The third-order valence-electron chi connectivity index (χ3n) is 5.02. The lowest BCUT2D eigenvalue weighted by Crippen LogP contribution is -2.46. The predicted molar refractivity (Wildman–Crippen MR) is 106 cm³/mol. The van der Waals surface area contributed by atoms with Crippen molar-refractivity contribution in [3.05, 3.63) is 29.3 Å². The molecule has 0 aromatic heterocycles. The van der Waals surface area contributed by atoms with Crippen molar-refractivity contribution in [1.82, 2.24) is 15.5 Å². The van der Waals surface area contributed by atoms with Crippen LogP contribution in [0.25, 0.3) is 0 Å². The second-order valence-electron chi connectivity index (χ2n) is 7.00. The minimum absolute atomic E-state index is 0.0307. The Labute approximate surface area is 169 Å². The van der Waals surface area contributed by atoms with E-state index in [1.165, 1.54) is 19.2 Å². The SMILES string of the molecule is CCNC(=NCc1ccc(OC)cc1C(F)(F)F)N1CCC(CC(=O)NC)CC1. The predicted octanol–water partition coefficient (Wildman–Crippen LogP) is 3.03. The number of likely N-dealkylation sites (tertiary alicyclic amines) is 1. The maximum Gasteiger partial charge on any atom is 0.416 e. The Kier molecular flexibility index (Phi) is 8.16. The Balaban J connectivity index is 2.11. The normalized spacial score (nSPS) is 15.9. The van der Waals surface area contributed by atoms with Crippen LogP contribution in [-0.4, -0.2) is 50.6 Å². The number of nitrogens with one attached hydrogen (secondary N) is 2. The molecule has 29 heavy (non-hydrogen) atoms. The lowest BCUT2D eigenvalue weighted by Gasteiger charge is -2.34. The molecule has 0 bridgehead atoms. The summed E-state index contributed by atoms with van der Waals surface area (Å²) in [5, 5.41) is 5.80. The fourth-order valence-corrected chi connectivity index (χ4v) is 3.38. The molecule has 0 unspecified atom stereocenters. The average Bonchev–Trinajstić information content (AvgIpc) is 2.71. The van der Waals surface area contributed by atoms with Crippen LogP contribution in [0.3, 0.4) is 0 Å². The first-order valence-electron chi connectivity index (χ1n) is 9.76. The third-order valence-corrected chi connectivity index (χ3v) is 5.02. The molecule has 1 fully saturated rings. The molecule has 0 radical (unpaired) electrons. The number of amides is 1. The highest BCUT2D eigenvalue weighted by Gasteiger charge is 2.34. The van der Waals surface area contributed by atoms with E-state index in [0.29, 0.717) is 37.9 Å². The number of rotatable bonds is 6. The zero-order valence-electron chi connectivity index (χ0n) is 17.1. The second kappa shape index (κ2) is 10.4. The molecule has 1 aromatic carbocycles. The summed E-state index contributed by atoms with van der Waals surface area (Å²) < 4.78 is 45.1. The number of benzene rings is 1. The van der Waals surface area contributed by atoms with Crippen molar-refractivity contribution >= 4 is 11.9 Å². The maximum atomic E-state index is 13.4. The molecule has 162 valence electrons. The van der Waals surface area contributed by atoms with Gasteiger partial charge in [-0.2, -0.15) is 13.2 Å². The van der Waals surface area contributed by atoms with Gasteiger partial charge in [-0.3, -0.25) is 4.79 Å². The van der Waals surface area contributed by atoms with Gasteiger partial charge in [0.1, 0.15) is 5.75 Å². The summed E-state index contributed by atoms with van der Waals surface area (Å²) in [7, 11) is 2.96. The number of hydrogen-bond acceptors (Lipinski definition) is 3. The van der Waals surface area contributed by atoms with Crippen LogP contribution in [0.15, 0.2) is 23.2 Å². The molecule has 2 rings (SSSR count). The zero-order valence-corrected chi connectivity index (χ0v) is 17.1. The molecule has 1 amide bonds. The van der Waals surface area contributed by atoms with Gasteiger partial charge in [0.15, 0.2) is 5.96 Å². The summed E-state index contributed by atoms with van der Waals surface area (Å²) in [6.07, 6.45) is -2.29. The summed E-state index contributed by atoms with van der Waals surface area (Å²) in [4.78, 5) is 18.0. The van der Waals surface area contributed by atoms with Crippen LogP contribution in [0.2, 0.25) is 0 Å². The topological polar surface area (TPSA) is 66.0 Å². The molecule has 0 atom stereocenters. The van der Waals surface area contributed by atoms with Crippen molar-refractivity contribution in [2.75, 3.05) is 33.8 Å². The highest BCUT2D eigenvalue weighted by Crippen LogP contribution is 2.34. The van der Waals surface area contributed by atoms with Gasteiger partial charge in [0.25, 0.3) is 0 Å². The Bertz CT molecular complexity index is 714. The van der Waals surface area contributed by atoms with E-state index < -0.39 is 11.7 Å². The molecule has 0 spiro atoms. The van der Waals surface area contributed by atoms with E-state index in [0.717, 1.165) is 18.9 Å². The number of ether oxygens (including phenoxy) is 1. The average molecular weight is 414 g/mol. The Hall–Kier alpha value is -2.45. The monoisotopic (exact) mass is 414 g/mol. The molecule has 6 nitrogen and oxygen atoms in total. The molecule has 9 heteroatoms. The molecule has 1 saturated heterocycles. The van der Waals surface area contributed by atoms with Crippen LogP contribution in [0.4, 0.5) is 13.2 Å².